The molecule has 8 nitrogen and oxygen atoms in total. The lowest BCUT2D eigenvalue weighted by atomic mass is 10.1. The van der Waals surface area contributed by atoms with Crippen LogP contribution >= 0.6 is 23.2 Å². The van der Waals surface area contributed by atoms with E-state index in [1.54, 1.807) is 55.5 Å². The van der Waals surface area contributed by atoms with E-state index < -0.39 is 28.5 Å². The maximum atomic E-state index is 14.1. The molecule has 0 fully saturated rings. The fourth-order valence-corrected chi connectivity index (χ4v) is 6.18. The monoisotopic (exact) mass is 633 g/mol. The Labute approximate surface area is 258 Å². The molecule has 3 aromatic rings. The summed E-state index contributed by atoms with van der Waals surface area (Å²) in [5, 5.41) is 3.61. The van der Waals surface area contributed by atoms with Gasteiger partial charge < -0.3 is 15.0 Å². The zero-order valence-corrected chi connectivity index (χ0v) is 26.8. The molecule has 0 saturated carbocycles. The molecule has 0 bridgehead atoms. The number of unbranched alkanes of at least 4 members (excludes halogenated alkanes) is 1. The quantitative estimate of drug-likeness (QED) is 0.228. The molecule has 1 unspecified atom stereocenters. The number of aryl methyl sites for hydroxylation is 2. The third kappa shape index (κ3) is 8.18. The third-order valence-electron chi connectivity index (χ3n) is 6.84. The number of nitrogens with one attached hydrogen (secondary N) is 1. The molecule has 1 N–H and O–H groups in total. The molecule has 0 aliphatic heterocycles. The average molecular weight is 635 g/mol. The van der Waals surface area contributed by atoms with Crippen molar-refractivity contribution in [1.82, 2.24) is 10.2 Å². The lowest BCUT2D eigenvalue weighted by Crippen LogP contribution is -2.51. The van der Waals surface area contributed by atoms with E-state index in [9.17, 15) is 18.0 Å². The van der Waals surface area contributed by atoms with Crippen LogP contribution in [0.15, 0.2) is 65.6 Å². The molecule has 3 rings (SSSR count). The van der Waals surface area contributed by atoms with E-state index >= 15 is 0 Å². The SMILES string of the molecule is CCCCNC(=O)C(C)N(Cc1ccc(Cl)cc1Cl)C(=O)CN(c1cc(C)ccc1OC)S(=O)(=O)c1ccc(C)cc1. The van der Waals surface area contributed by atoms with Crippen LogP contribution in [0.3, 0.4) is 0 Å². The van der Waals surface area contributed by atoms with Gasteiger partial charge in [-0.15, -0.1) is 0 Å². The minimum Gasteiger partial charge on any atom is -0.495 e. The predicted molar refractivity (Wildman–Crippen MR) is 168 cm³/mol. The number of rotatable bonds is 13. The molecule has 0 aliphatic rings. The number of carbonyl (C=O) groups is 2. The van der Waals surface area contributed by atoms with E-state index in [4.69, 9.17) is 27.9 Å². The van der Waals surface area contributed by atoms with E-state index in [1.807, 2.05) is 20.8 Å². The summed E-state index contributed by atoms with van der Waals surface area (Å²) in [4.78, 5) is 28.6. The summed E-state index contributed by atoms with van der Waals surface area (Å²) >= 11 is 12.5. The minimum absolute atomic E-state index is 0.0158. The summed E-state index contributed by atoms with van der Waals surface area (Å²) in [7, 11) is -2.80. The van der Waals surface area contributed by atoms with Crippen molar-refractivity contribution >= 4 is 50.7 Å². The number of carbonyl (C=O) groups excluding carboxylic acids is 2. The Morgan fingerprint density at radius 3 is 2.26 bits per heavy atom. The van der Waals surface area contributed by atoms with Gasteiger partial charge >= 0.3 is 0 Å². The van der Waals surface area contributed by atoms with Crippen LogP contribution in [0.2, 0.25) is 10.0 Å². The first-order valence-corrected chi connectivity index (χ1v) is 15.8. The van der Waals surface area contributed by atoms with Gasteiger partial charge in [0.25, 0.3) is 10.0 Å². The van der Waals surface area contributed by atoms with Crippen LogP contribution in [0.4, 0.5) is 5.69 Å². The van der Waals surface area contributed by atoms with Gasteiger partial charge in [-0.1, -0.05) is 66.4 Å². The van der Waals surface area contributed by atoms with Gasteiger partial charge in [0, 0.05) is 23.1 Å². The van der Waals surface area contributed by atoms with E-state index in [0.29, 0.717) is 22.2 Å². The van der Waals surface area contributed by atoms with Crippen molar-refractivity contribution in [3.8, 4) is 5.75 Å². The molecule has 3 aromatic carbocycles. The van der Waals surface area contributed by atoms with Gasteiger partial charge in [0.2, 0.25) is 11.8 Å². The summed E-state index contributed by atoms with van der Waals surface area (Å²) in [6.45, 7) is 7.12. The second-order valence-corrected chi connectivity index (χ2v) is 12.8. The van der Waals surface area contributed by atoms with E-state index in [2.05, 4.69) is 5.32 Å². The topological polar surface area (TPSA) is 96.0 Å². The number of nitrogens with zero attached hydrogens (tertiary/aromatic N) is 2. The lowest BCUT2D eigenvalue weighted by molar-refractivity contribution is -0.139. The van der Waals surface area contributed by atoms with Crippen molar-refractivity contribution in [3.63, 3.8) is 0 Å². The molecule has 42 heavy (non-hydrogen) atoms. The summed E-state index contributed by atoms with van der Waals surface area (Å²) in [6, 6.07) is 15.4. The van der Waals surface area contributed by atoms with Crippen molar-refractivity contribution in [2.45, 2.75) is 58.0 Å². The summed E-state index contributed by atoms with van der Waals surface area (Å²) < 4.78 is 34.7. The summed E-state index contributed by atoms with van der Waals surface area (Å²) in [5.74, 6) is -0.678. The Hall–Kier alpha value is -3.27. The highest BCUT2D eigenvalue weighted by molar-refractivity contribution is 7.92. The fourth-order valence-electron chi connectivity index (χ4n) is 4.30. The van der Waals surface area contributed by atoms with Gasteiger partial charge in [0.05, 0.1) is 17.7 Å². The van der Waals surface area contributed by atoms with E-state index in [1.165, 1.54) is 24.1 Å². The Bertz CT molecular complexity index is 1510. The highest BCUT2D eigenvalue weighted by Gasteiger charge is 2.34. The van der Waals surface area contributed by atoms with Gasteiger partial charge in [0.1, 0.15) is 18.3 Å². The second-order valence-electron chi connectivity index (χ2n) is 10.1. The van der Waals surface area contributed by atoms with Crippen LogP contribution in [0.1, 0.15) is 43.4 Å². The van der Waals surface area contributed by atoms with E-state index in [0.717, 1.165) is 28.3 Å². The normalized spacial score (nSPS) is 12.0. The predicted octanol–water partition coefficient (Wildman–Crippen LogP) is 6.15. The Balaban J connectivity index is 2.09. The lowest BCUT2D eigenvalue weighted by Gasteiger charge is -2.32. The maximum Gasteiger partial charge on any atom is 0.264 e. The Morgan fingerprint density at radius 2 is 1.64 bits per heavy atom. The van der Waals surface area contributed by atoms with Gasteiger partial charge in [-0.3, -0.25) is 13.9 Å². The van der Waals surface area contributed by atoms with Gasteiger partial charge in [-0.05, 0) is 74.7 Å². The number of benzene rings is 3. The largest absolute Gasteiger partial charge is 0.495 e. The van der Waals surface area contributed by atoms with Crippen molar-refractivity contribution in [3.05, 3.63) is 87.4 Å². The number of hydrogen-bond donors (Lipinski definition) is 1. The molecule has 0 aromatic heterocycles. The third-order valence-corrected chi connectivity index (χ3v) is 9.20. The number of hydrogen-bond acceptors (Lipinski definition) is 5. The van der Waals surface area contributed by atoms with Crippen LogP contribution in [0.25, 0.3) is 0 Å². The van der Waals surface area contributed by atoms with Crippen LogP contribution in [0, 0.1) is 13.8 Å². The van der Waals surface area contributed by atoms with Crippen LogP contribution < -0.4 is 14.4 Å². The van der Waals surface area contributed by atoms with Crippen LogP contribution in [0.5, 0.6) is 5.75 Å². The summed E-state index contributed by atoms with van der Waals surface area (Å²) in [5.41, 5.74) is 2.43. The molecular weight excluding hydrogens is 597 g/mol. The van der Waals surface area contributed by atoms with Crippen LogP contribution in [-0.4, -0.2) is 51.4 Å². The highest BCUT2D eigenvalue weighted by Crippen LogP contribution is 2.34. The summed E-state index contributed by atoms with van der Waals surface area (Å²) in [6.07, 6.45) is 1.67. The number of anilines is 1. The molecular formula is C31H37Cl2N3O5S. The standard InChI is InChI=1S/C31H37Cl2N3O5S/c1-6-7-16-34-31(38)23(4)35(19-24-11-12-25(32)18-27(24)33)30(37)20-36(28-17-22(3)10-15-29(28)41-5)42(39,40)26-13-8-21(2)9-14-26/h8-15,17-18,23H,6-7,16,19-20H2,1-5H3,(H,34,38). The molecule has 0 radical (unpaired) electrons. The number of ether oxygens (including phenoxy) is 1. The average Bonchev–Trinajstić information content (AvgIpc) is 2.95. The van der Waals surface area contributed by atoms with Crippen molar-refractivity contribution in [1.29, 1.82) is 0 Å². The van der Waals surface area contributed by atoms with Crippen molar-refractivity contribution < 1.29 is 22.7 Å². The number of sulfonamides is 1. The zero-order chi connectivity index (χ0) is 31.0. The van der Waals surface area contributed by atoms with Crippen LogP contribution in [-0.2, 0) is 26.2 Å². The Kier molecular flexibility index (Phi) is 11.7. The van der Waals surface area contributed by atoms with E-state index in [-0.39, 0.29) is 28.8 Å². The Morgan fingerprint density at radius 1 is 0.976 bits per heavy atom. The number of methoxy groups -OCH3 is 1. The highest BCUT2D eigenvalue weighted by atomic mass is 35.5. The fraction of sp³-hybridized carbons (Fsp3) is 0.355. The number of halogens is 2. The minimum atomic E-state index is -4.24. The zero-order valence-electron chi connectivity index (χ0n) is 24.5. The molecule has 2 amide bonds. The van der Waals surface area contributed by atoms with Crippen molar-refractivity contribution in [2.75, 3.05) is 24.5 Å². The molecule has 1 atom stereocenters. The van der Waals surface area contributed by atoms with Gasteiger partial charge in [0.15, 0.2) is 0 Å². The molecule has 0 aliphatic carbocycles. The van der Waals surface area contributed by atoms with Crippen molar-refractivity contribution in [2.24, 2.45) is 0 Å². The molecule has 0 saturated heterocycles. The molecule has 0 spiro atoms. The molecule has 0 heterocycles. The number of amides is 2. The second kappa shape index (κ2) is 14.8. The van der Waals surface area contributed by atoms with Gasteiger partial charge in [-0.2, -0.15) is 0 Å². The maximum absolute atomic E-state index is 14.1. The smallest absolute Gasteiger partial charge is 0.264 e. The first kappa shape index (κ1) is 33.2. The molecule has 11 heteroatoms. The van der Waals surface area contributed by atoms with Gasteiger partial charge in [-0.25, -0.2) is 8.42 Å². The first-order valence-electron chi connectivity index (χ1n) is 13.6. The first-order chi connectivity index (χ1) is 19.9. The molecule has 226 valence electrons.